The summed E-state index contributed by atoms with van der Waals surface area (Å²) in [5.41, 5.74) is -0.737. The van der Waals surface area contributed by atoms with E-state index in [1.165, 1.54) is 0 Å². The van der Waals surface area contributed by atoms with E-state index in [1.807, 2.05) is 0 Å². The molecule has 1 aromatic rings. The normalized spacial score (nSPS) is 11.5. The molecule has 108 valence electrons. The number of aliphatic carboxylic acids is 1. The minimum Gasteiger partial charge on any atom is -0.480 e. The van der Waals surface area contributed by atoms with E-state index in [9.17, 15) is 24.1 Å². The summed E-state index contributed by atoms with van der Waals surface area (Å²) in [6.07, 6.45) is 0.178. The van der Waals surface area contributed by atoms with Gasteiger partial charge in [0.2, 0.25) is 5.82 Å². The monoisotopic (exact) mass is 285 g/mol. The third-order valence-corrected chi connectivity index (χ3v) is 2.41. The van der Waals surface area contributed by atoms with E-state index in [0.717, 1.165) is 18.2 Å². The van der Waals surface area contributed by atoms with Gasteiger partial charge >= 0.3 is 17.7 Å². The van der Waals surface area contributed by atoms with Crippen LogP contribution in [0.2, 0.25) is 0 Å². The molecule has 2 amide bonds. The fourth-order valence-electron chi connectivity index (χ4n) is 1.40. The number of nitro benzene ring substituents is 1. The highest BCUT2D eigenvalue weighted by atomic mass is 19.1. The number of carbonyl (C=O) groups excluding carboxylic acids is 1. The number of carbonyl (C=O) groups is 2. The van der Waals surface area contributed by atoms with Gasteiger partial charge in [-0.15, -0.1) is 0 Å². The molecule has 0 aliphatic heterocycles. The third-order valence-electron chi connectivity index (χ3n) is 2.41. The molecule has 0 saturated heterocycles. The van der Waals surface area contributed by atoms with Gasteiger partial charge < -0.3 is 15.7 Å². The molecule has 0 spiro atoms. The standard InChI is InChI=1S/C11H12FN3O5/c1-2-8(10(16)17)14-11(18)13-6-3-4-9(15(19)20)7(12)5-6/h3-5,8H,2H2,1H3,(H,16,17)(H2,13,14,18)/t8-/m1/s1. The van der Waals surface area contributed by atoms with Crippen LogP contribution in [0.15, 0.2) is 18.2 Å². The van der Waals surface area contributed by atoms with Crippen molar-refractivity contribution in [3.8, 4) is 0 Å². The van der Waals surface area contributed by atoms with Gasteiger partial charge in [-0.2, -0.15) is 4.39 Å². The molecule has 0 radical (unpaired) electrons. The molecule has 0 fully saturated rings. The molecule has 0 saturated carbocycles. The Hall–Kier alpha value is -2.71. The molecule has 1 atom stereocenters. The number of carboxylic acid groups (broad SMARTS) is 1. The maximum atomic E-state index is 13.3. The fraction of sp³-hybridized carbons (Fsp3) is 0.273. The number of rotatable bonds is 5. The molecule has 0 aliphatic carbocycles. The number of nitrogens with zero attached hydrogens (tertiary/aromatic N) is 1. The van der Waals surface area contributed by atoms with Gasteiger partial charge in [-0.3, -0.25) is 10.1 Å². The minimum absolute atomic E-state index is 0.0224. The summed E-state index contributed by atoms with van der Waals surface area (Å²) in [4.78, 5) is 31.7. The minimum atomic E-state index is -1.20. The zero-order valence-electron chi connectivity index (χ0n) is 10.4. The van der Waals surface area contributed by atoms with E-state index in [2.05, 4.69) is 10.6 Å². The van der Waals surface area contributed by atoms with Crippen LogP contribution in [0, 0.1) is 15.9 Å². The Kier molecular flexibility index (Phi) is 4.95. The maximum absolute atomic E-state index is 13.3. The molecule has 0 heterocycles. The first-order valence-electron chi connectivity index (χ1n) is 5.59. The zero-order chi connectivity index (χ0) is 15.3. The summed E-state index contributed by atoms with van der Waals surface area (Å²) in [5, 5.41) is 23.5. The van der Waals surface area contributed by atoms with Crippen molar-refractivity contribution in [3.63, 3.8) is 0 Å². The van der Waals surface area contributed by atoms with Crippen molar-refractivity contribution in [1.82, 2.24) is 5.32 Å². The van der Waals surface area contributed by atoms with Crippen LogP contribution in [0.3, 0.4) is 0 Å². The number of amides is 2. The third kappa shape index (κ3) is 3.90. The van der Waals surface area contributed by atoms with Gasteiger partial charge in [-0.05, 0) is 12.5 Å². The summed E-state index contributed by atoms with van der Waals surface area (Å²) < 4.78 is 13.3. The number of urea groups is 1. The Balaban J connectivity index is 2.74. The summed E-state index contributed by atoms with van der Waals surface area (Å²) in [6, 6.07) is 0.909. The highest BCUT2D eigenvalue weighted by Gasteiger charge is 2.18. The van der Waals surface area contributed by atoms with Crippen molar-refractivity contribution in [3.05, 3.63) is 34.1 Å². The van der Waals surface area contributed by atoms with E-state index in [1.54, 1.807) is 6.92 Å². The summed E-state index contributed by atoms with van der Waals surface area (Å²) in [5.74, 6) is -2.30. The Bertz CT molecular complexity index is 549. The first-order chi connectivity index (χ1) is 9.35. The van der Waals surface area contributed by atoms with E-state index >= 15 is 0 Å². The topological polar surface area (TPSA) is 122 Å². The summed E-state index contributed by atoms with van der Waals surface area (Å²) in [7, 11) is 0. The Morgan fingerprint density at radius 1 is 1.50 bits per heavy atom. The lowest BCUT2D eigenvalue weighted by Gasteiger charge is -2.13. The molecule has 1 aromatic carbocycles. The number of anilines is 1. The molecule has 8 nitrogen and oxygen atoms in total. The number of hydrogen-bond donors (Lipinski definition) is 3. The van der Waals surface area contributed by atoms with Crippen LogP contribution in [0.5, 0.6) is 0 Å². The van der Waals surface area contributed by atoms with Crippen molar-refractivity contribution < 1.29 is 24.0 Å². The molecule has 0 bridgehead atoms. The molecule has 0 aliphatic rings. The SMILES string of the molecule is CC[C@@H](NC(=O)Nc1ccc([N+](=O)[O-])c(F)c1)C(=O)O. The predicted molar refractivity (Wildman–Crippen MR) is 66.9 cm³/mol. The molecule has 1 rings (SSSR count). The van der Waals surface area contributed by atoms with Crippen molar-refractivity contribution in [2.75, 3.05) is 5.32 Å². The highest BCUT2D eigenvalue weighted by Crippen LogP contribution is 2.20. The first-order valence-corrected chi connectivity index (χ1v) is 5.59. The Morgan fingerprint density at radius 2 is 2.15 bits per heavy atom. The smallest absolute Gasteiger partial charge is 0.326 e. The van der Waals surface area contributed by atoms with Crippen LogP contribution in [0.4, 0.5) is 20.6 Å². The largest absolute Gasteiger partial charge is 0.480 e. The Morgan fingerprint density at radius 3 is 2.60 bits per heavy atom. The van der Waals surface area contributed by atoms with E-state index in [0.29, 0.717) is 0 Å². The number of carboxylic acids is 1. The fourth-order valence-corrected chi connectivity index (χ4v) is 1.40. The average Bonchev–Trinajstić information content (AvgIpc) is 2.35. The van der Waals surface area contributed by atoms with Crippen molar-refractivity contribution in [2.24, 2.45) is 0 Å². The second kappa shape index (κ2) is 6.45. The lowest BCUT2D eigenvalue weighted by Crippen LogP contribution is -2.42. The van der Waals surface area contributed by atoms with Gasteiger partial charge in [0, 0.05) is 17.8 Å². The molecule has 20 heavy (non-hydrogen) atoms. The van der Waals surface area contributed by atoms with Gasteiger partial charge in [-0.1, -0.05) is 6.92 Å². The van der Waals surface area contributed by atoms with Crippen LogP contribution in [0.25, 0.3) is 0 Å². The summed E-state index contributed by atoms with van der Waals surface area (Å²) in [6.45, 7) is 1.57. The van der Waals surface area contributed by atoms with Gasteiger partial charge in [-0.25, -0.2) is 9.59 Å². The van der Waals surface area contributed by atoms with Crippen molar-refractivity contribution in [2.45, 2.75) is 19.4 Å². The second-order valence-corrected chi connectivity index (χ2v) is 3.82. The first kappa shape index (κ1) is 15.3. The highest BCUT2D eigenvalue weighted by molar-refractivity contribution is 5.92. The molecule has 3 N–H and O–H groups in total. The number of halogens is 1. The zero-order valence-corrected chi connectivity index (χ0v) is 10.4. The van der Waals surface area contributed by atoms with E-state index in [-0.39, 0.29) is 12.1 Å². The van der Waals surface area contributed by atoms with Crippen molar-refractivity contribution >= 4 is 23.4 Å². The Labute approximate surface area is 112 Å². The van der Waals surface area contributed by atoms with Crippen LogP contribution >= 0.6 is 0 Å². The van der Waals surface area contributed by atoms with Gasteiger partial charge in [0.1, 0.15) is 6.04 Å². The number of nitro groups is 1. The number of nitrogens with one attached hydrogen (secondary N) is 2. The van der Waals surface area contributed by atoms with E-state index in [4.69, 9.17) is 5.11 Å². The van der Waals surface area contributed by atoms with Crippen LogP contribution in [-0.4, -0.2) is 28.1 Å². The molecular weight excluding hydrogens is 273 g/mol. The quantitative estimate of drug-likeness (QED) is 0.561. The average molecular weight is 285 g/mol. The second-order valence-electron chi connectivity index (χ2n) is 3.82. The molecule has 9 heteroatoms. The number of benzene rings is 1. The molecule has 0 unspecified atom stereocenters. The lowest BCUT2D eigenvalue weighted by molar-refractivity contribution is -0.387. The van der Waals surface area contributed by atoms with Crippen LogP contribution in [0.1, 0.15) is 13.3 Å². The number of hydrogen-bond acceptors (Lipinski definition) is 4. The lowest BCUT2D eigenvalue weighted by atomic mass is 10.2. The van der Waals surface area contributed by atoms with Crippen LogP contribution < -0.4 is 10.6 Å². The van der Waals surface area contributed by atoms with Crippen LogP contribution in [-0.2, 0) is 4.79 Å². The van der Waals surface area contributed by atoms with Gasteiger partial charge in [0.25, 0.3) is 0 Å². The summed E-state index contributed by atoms with van der Waals surface area (Å²) >= 11 is 0. The van der Waals surface area contributed by atoms with Gasteiger partial charge in [0.05, 0.1) is 4.92 Å². The molecule has 0 aromatic heterocycles. The van der Waals surface area contributed by atoms with Gasteiger partial charge in [0.15, 0.2) is 0 Å². The molecular formula is C11H12FN3O5. The predicted octanol–water partition coefficient (Wildman–Crippen LogP) is 1.72. The van der Waals surface area contributed by atoms with Crippen molar-refractivity contribution in [1.29, 1.82) is 0 Å². The van der Waals surface area contributed by atoms with E-state index < -0.39 is 34.5 Å². The maximum Gasteiger partial charge on any atom is 0.326 e.